The zero-order valence-electron chi connectivity index (χ0n) is 25.4. The minimum absolute atomic E-state index is 0.00327. The van der Waals surface area contributed by atoms with Crippen LogP contribution in [0.1, 0.15) is 50.6 Å². The third-order valence-corrected chi connectivity index (χ3v) is 6.56. The Kier molecular flexibility index (Phi) is 25.1. The van der Waals surface area contributed by atoms with Gasteiger partial charge >= 0.3 is 0 Å². The first kappa shape index (κ1) is 39.1. The lowest BCUT2D eigenvalue weighted by Gasteiger charge is -2.13. The van der Waals surface area contributed by atoms with Crippen molar-refractivity contribution in [3.8, 4) is 0 Å². The van der Waals surface area contributed by atoms with E-state index < -0.39 is 17.9 Å². The number of unbranched alkanes of at least 4 members (excludes halogenated alkanes) is 2. The summed E-state index contributed by atoms with van der Waals surface area (Å²) in [7, 11) is 0. The number of nitrogens with zero attached hydrogens (tertiary/aromatic N) is 1. The quantitative estimate of drug-likeness (QED) is 0.0662. The molecule has 43 heavy (non-hydrogen) atoms. The molecule has 5 N–H and O–H groups in total. The number of primary amides is 1. The number of hydrogen-bond donors (Lipinski definition) is 4. The second-order valence-corrected chi connectivity index (χ2v) is 10.4. The lowest BCUT2D eigenvalue weighted by molar-refractivity contribution is -0.128. The maximum atomic E-state index is 12.3. The fourth-order valence-corrected chi connectivity index (χ4v) is 4.10. The molecule has 0 aliphatic heterocycles. The van der Waals surface area contributed by atoms with Gasteiger partial charge in [-0.1, -0.05) is 12.8 Å². The van der Waals surface area contributed by atoms with Crippen molar-refractivity contribution >= 4 is 30.1 Å². The maximum Gasteiger partial charge on any atom is 0.220 e. The molecular weight excluding hydrogens is 580 g/mol. The zero-order valence-corrected chi connectivity index (χ0v) is 26.3. The predicted octanol–water partition coefficient (Wildman–Crippen LogP) is 1.28. The van der Waals surface area contributed by atoms with Crippen LogP contribution in [-0.2, 0) is 49.2 Å². The van der Waals surface area contributed by atoms with Crippen LogP contribution in [0.15, 0.2) is 12.5 Å². The summed E-state index contributed by atoms with van der Waals surface area (Å²) in [5.74, 6) is -0.361. The first-order valence-corrected chi connectivity index (χ1v) is 15.7. The first-order valence-electron chi connectivity index (χ1n) is 15.1. The summed E-state index contributed by atoms with van der Waals surface area (Å²) in [5, 5.41) is 0. The average molecular weight is 633 g/mol. The summed E-state index contributed by atoms with van der Waals surface area (Å²) in [6.45, 7) is 5.59. The monoisotopic (exact) mass is 632 g/mol. The van der Waals surface area contributed by atoms with Gasteiger partial charge in [0, 0.05) is 49.2 Å². The Morgan fingerprint density at radius 1 is 0.767 bits per heavy atom. The van der Waals surface area contributed by atoms with Crippen LogP contribution in [-0.4, -0.2) is 119 Å². The number of aromatic nitrogens is 2. The van der Waals surface area contributed by atoms with E-state index in [2.05, 4.69) is 22.6 Å². The van der Waals surface area contributed by atoms with E-state index in [0.29, 0.717) is 111 Å². The first-order chi connectivity index (χ1) is 20.9. The minimum atomic E-state index is -0.564. The van der Waals surface area contributed by atoms with Gasteiger partial charge in [-0.15, -0.1) is 0 Å². The van der Waals surface area contributed by atoms with E-state index in [0.717, 1.165) is 12.1 Å². The number of ether oxygens (including phenoxy) is 6. The van der Waals surface area contributed by atoms with Crippen molar-refractivity contribution in [2.75, 3.05) is 85.0 Å². The van der Waals surface area contributed by atoms with Crippen LogP contribution >= 0.6 is 12.6 Å². The van der Waals surface area contributed by atoms with Gasteiger partial charge in [-0.05, 0) is 12.8 Å². The molecule has 248 valence electrons. The SMILES string of the molecule is NC(=O)C(CCCCCC(=O)C(N)Cc1cnc[nH]1)CC(=O)CCOCCOCCOCCOCCOCCOCCS. The lowest BCUT2D eigenvalue weighted by atomic mass is 9.93. The highest BCUT2D eigenvalue weighted by Gasteiger charge is 2.19. The minimum Gasteiger partial charge on any atom is -0.379 e. The van der Waals surface area contributed by atoms with E-state index in [1.54, 1.807) is 12.5 Å². The molecular formula is C29H52N4O9S. The van der Waals surface area contributed by atoms with Gasteiger partial charge in [0.05, 0.1) is 91.7 Å². The fraction of sp³-hybridized carbons (Fsp3) is 0.793. The average Bonchev–Trinajstić information content (AvgIpc) is 3.50. The molecule has 1 heterocycles. The molecule has 1 amide bonds. The summed E-state index contributed by atoms with van der Waals surface area (Å²) in [4.78, 5) is 43.2. The van der Waals surface area contributed by atoms with E-state index in [4.69, 9.17) is 39.9 Å². The smallest absolute Gasteiger partial charge is 0.220 e. The summed E-state index contributed by atoms with van der Waals surface area (Å²) in [5.41, 5.74) is 12.3. The van der Waals surface area contributed by atoms with Crippen molar-refractivity contribution in [1.29, 1.82) is 0 Å². The molecule has 0 saturated heterocycles. The second-order valence-electron chi connectivity index (χ2n) is 9.94. The van der Waals surface area contributed by atoms with Gasteiger partial charge in [0.2, 0.25) is 5.91 Å². The van der Waals surface area contributed by atoms with Gasteiger partial charge in [0.1, 0.15) is 11.6 Å². The summed E-state index contributed by atoms with van der Waals surface area (Å²) in [6, 6.07) is -0.564. The Morgan fingerprint density at radius 2 is 1.30 bits per heavy atom. The number of aromatic amines is 1. The predicted molar refractivity (Wildman–Crippen MR) is 164 cm³/mol. The Bertz CT molecular complexity index is 833. The number of H-pyrrole nitrogens is 1. The molecule has 0 aromatic carbocycles. The maximum absolute atomic E-state index is 12.3. The van der Waals surface area contributed by atoms with Crippen LogP contribution in [0, 0.1) is 5.92 Å². The molecule has 0 radical (unpaired) electrons. The Balaban J connectivity index is 1.92. The van der Waals surface area contributed by atoms with Crippen LogP contribution in [0.3, 0.4) is 0 Å². The van der Waals surface area contributed by atoms with Crippen molar-refractivity contribution in [1.82, 2.24) is 9.97 Å². The molecule has 14 heteroatoms. The number of Topliss-reactive ketones (excluding diaryl/α,β-unsaturated/α-hetero) is 2. The van der Waals surface area contributed by atoms with Crippen molar-refractivity contribution in [2.24, 2.45) is 17.4 Å². The van der Waals surface area contributed by atoms with Crippen LogP contribution in [0.2, 0.25) is 0 Å². The highest BCUT2D eigenvalue weighted by Crippen LogP contribution is 2.16. The van der Waals surface area contributed by atoms with Gasteiger partial charge in [-0.3, -0.25) is 14.4 Å². The second kappa shape index (κ2) is 27.6. The molecule has 0 fully saturated rings. The summed E-state index contributed by atoms with van der Waals surface area (Å²) < 4.78 is 32.4. The van der Waals surface area contributed by atoms with E-state index in [1.807, 2.05) is 0 Å². The molecule has 0 aliphatic rings. The van der Waals surface area contributed by atoms with Crippen LogP contribution in [0.4, 0.5) is 0 Å². The van der Waals surface area contributed by atoms with Gasteiger partial charge in [0.15, 0.2) is 0 Å². The van der Waals surface area contributed by atoms with E-state index in [-0.39, 0.29) is 31.0 Å². The molecule has 0 bridgehead atoms. The highest BCUT2D eigenvalue weighted by molar-refractivity contribution is 7.80. The van der Waals surface area contributed by atoms with E-state index in [1.165, 1.54) is 0 Å². The Hall–Kier alpha value is -1.91. The van der Waals surface area contributed by atoms with Crippen molar-refractivity contribution in [2.45, 2.75) is 57.4 Å². The van der Waals surface area contributed by atoms with Crippen molar-refractivity contribution < 1.29 is 42.8 Å². The number of nitrogens with one attached hydrogen (secondary N) is 1. The number of amides is 1. The molecule has 1 rings (SSSR count). The van der Waals surface area contributed by atoms with Crippen molar-refractivity contribution in [3.63, 3.8) is 0 Å². The molecule has 1 aromatic heterocycles. The number of carbonyl (C=O) groups is 3. The van der Waals surface area contributed by atoms with Gasteiger partial charge < -0.3 is 44.9 Å². The van der Waals surface area contributed by atoms with Gasteiger partial charge in [-0.25, -0.2) is 4.98 Å². The topological polar surface area (TPSA) is 187 Å². The van der Waals surface area contributed by atoms with Gasteiger partial charge in [0.25, 0.3) is 0 Å². The Labute approximate surface area is 260 Å². The standard InChI is InChI=1S/C29H52N4O9S/c30-27(21-25-22-32-23-33-25)28(35)5-3-1-2-4-24(29(31)36)20-26(34)6-7-37-8-9-38-10-11-39-12-13-40-14-15-41-16-17-42-18-19-43/h22-24,27,43H,1-21,30H2,(H2,31,36)(H,32,33). The largest absolute Gasteiger partial charge is 0.379 e. The number of nitrogens with two attached hydrogens (primary N) is 2. The molecule has 2 unspecified atom stereocenters. The highest BCUT2D eigenvalue weighted by atomic mass is 32.1. The molecule has 2 atom stereocenters. The molecule has 1 aromatic rings. The number of imidazole rings is 1. The molecule has 0 saturated carbocycles. The van der Waals surface area contributed by atoms with Crippen LogP contribution in [0.5, 0.6) is 0 Å². The normalized spacial score (nSPS) is 12.8. The number of hydrogen-bond acceptors (Lipinski definition) is 12. The van der Waals surface area contributed by atoms with E-state index >= 15 is 0 Å². The van der Waals surface area contributed by atoms with Crippen LogP contribution in [0.25, 0.3) is 0 Å². The zero-order chi connectivity index (χ0) is 31.4. The van der Waals surface area contributed by atoms with Crippen LogP contribution < -0.4 is 11.5 Å². The summed E-state index contributed by atoms with van der Waals surface area (Å²) in [6.07, 6.45) is 6.98. The third-order valence-electron chi connectivity index (χ3n) is 6.38. The fourth-order valence-electron chi connectivity index (χ4n) is 3.97. The lowest BCUT2D eigenvalue weighted by Crippen LogP contribution is -2.32. The molecule has 0 spiro atoms. The van der Waals surface area contributed by atoms with E-state index in [9.17, 15) is 14.4 Å². The number of carbonyl (C=O) groups excluding carboxylic acids is 3. The number of thiol groups is 1. The molecule has 0 aliphatic carbocycles. The summed E-state index contributed by atoms with van der Waals surface area (Å²) >= 11 is 4.06. The van der Waals surface area contributed by atoms with Crippen molar-refractivity contribution in [3.05, 3.63) is 18.2 Å². The third kappa shape index (κ3) is 23.2. The molecule has 13 nitrogen and oxygen atoms in total. The number of ketones is 2. The number of rotatable bonds is 32. The van der Waals surface area contributed by atoms with Gasteiger partial charge in [-0.2, -0.15) is 12.6 Å². The Morgan fingerprint density at radius 3 is 1.79 bits per heavy atom.